The molecule has 1 aromatic heterocycles. The molecule has 0 bridgehead atoms. The molecule has 1 aliphatic rings. The second-order valence-electron chi connectivity index (χ2n) is 6.68. The third kappa shape index (κ3) is 3.99. The Labute approximate surface area is 166 Å². The van der Waals surface area contributed by atoms with E-state index in [2.05, 4.69) is 5.32 Å². The number of methoxy groups -OCH3 is 1. The maximum absolute atomic E-state index is 12.8. The lowest BCUT2D eigenvalue weighted by Gasteiger charge is -2.28. The summed E-state index contributed by atoms with van der Waals surface area (Å²) in [6.45, 7) is 1.97. The van der Waals surface area contributed by atoms with Crippen LogP contribution in [0.2, 0.25) is 0 Å². The van der Waals surface area contributed by atoms with Crippen LogP contribution in [0.1, 0.15) is 28.8 Å². The van der Waals surface area contributed by atoms with Crippen LogP contribution in [-0.4, -0.2) is 25.0 Å². The van der Waals surface area contributed by atoms with Gasteiger partial charge in [-0.25, -0.2) is 4.79 Å². The number of hydrogen-bond donors (Lipinski definition) is 1. The van der Waals surface area contributed by atoms with Crippen LogP contribution in [0.5, 0.6) is 0 Å². The molecule has 1 aliphatic carbocycles. The molecule has 3 rings (SSSR count). The normalized spacial score (nSPS) is 18.5. The Hall–Kier alpha value is -2.93. The van der Waals surface area contributed by atoms with E-state index in [0.29, 0.717) is 17.0 Å². The number of carboxylic acids is 1. The maximum atomic E-state index is 12.8. The number of hydrogen-bond acceptors (Lipinski definition) is 6. The molecule has 0 aliphatic heterocycles. The fraction of sp³-hybridized carbons (Fsp3) is 0.286. The van der Waals surface area contributed by atoms with E-state index < -0.39 is 29.7 Å². The minimum absolute atomic E-state index is 0.253. The molecule has 1 N–H and O–H groups in total. The average molecular weight is 398 g/mol. The zero-order chi connectivity index (χ0) is 20.3. The Morgan fingerprint density at radius 1 is 1.11 bits per heavy atom. The van der Waals surface area contributed by atoms with Crippen LogP contribution >= 0.6 is 11.3 Å². The standard InChI is InChI=1S/C21H21NO5S/c1-12-7-9-13(10-8-12)16-11-28-19(17(16)21(26)27-2)22-18(23)14-5-3-4-6-15(14)20(24)25/h3-4,7-11,14-15H,5-6H2,1-2H3,(H,22,23)(H,24,25)/p-1/t14-,15+/m0/s1. The van der Waals surface area contributed by atoms with E-state index in [1.165, 1.54) is 18.4 Å². The van der Waals surface area contributed by atoms with Crippen LogP contribution in [0.3, 0.4) is 0 Å². The Balaban J connectivity index is 1.92. The molecule has 0 spiro atoms. The van der Waals surface area contributed by atoms with Gasteiger partial charge in [0.2, 0.25) is 5.91 Å². The fourth-order valence-electron chi connectivity index (χ4n) is 3.27. The van der Waals surface area contributed by atoms with Crippen molar-refractivity contribution in [1.82, 2.24) is 0 Å². The summed E-state index contributed by atoms with van der Waals surface area (Å²) >= 11 is 1.21. The molecule has 146 valence electrons. The molecule has 0 radical (unpaired) electrons. The lowest BCUT2D eigenvalue weighted by Crippen LogP contribution is -2.41. The van der Waals surface area contributed by atoms with E-state index in [1.54, 1.807) is 17.5 Å². The number of carbonyl (C=O) groups excluding carboxylic acids is 3. The van der Waals surface area contributed by atoms with E-state index in [1.807, 2.05) is 31.2 Å². The summed E-state index contributed by atoms with van der Waals surface area (Å²) < 4.78 is 4.91. The quantitative estimate of drug-likeness (QED) is 0.617. The molecular weight excluding hydrogens is 378 g/mol. The highest BCUT2D eigenvalue weighted by molar-refractivity contribution is 7.15. The molecule has 2 aromatic rings. The minimum atomic E-state index is -1.25. The van der Waals surface area contributed by atoms with Gasteiger partial charge in [0, 0.05) is 22.8 Å². The van der Waals surface area contributed by atoms with Gasteiger partial charge in [-0.1, -0.05) is 42.0 Å². The number of allylic oxidation sites excluding steroid dienone is 2. The number of anilines is 1. The van der Waals surface area contributed by atoms with Crippen molar-refractivity contribution >= 4 is 34.2 Å². The van der Waals surface area contributed by atoms with Crippen molar-refractivity contribution in [2.75, 3.05) is 12.4 Å². The fourth-order valence-corrected chi connectivity index (χ4v) is 4.23. The highest BCUT2D eigenvalue weighted by Gasteiger charge is 2.31. The number of ether oxygens (including phenoxy) is 1. The van der Waals surface area contributed by atoms with Crippen molar-refractivity contribution in [3.8, 4) is 11.1 Å². The molecule has 0 saturated heterocycles. The Kier molecular flexibility index (Phi) is 5.94. The molecule has 7 heteroatoms. The minimum Gasteiger partial charge on any atom is -0.550 e. The summed E-state index contributed by atoms with van der Waals surface area (Å²) in [6, 6.07) is 7.66. The number of nitrogens with one attached hydrogen (secondary N) is 1. The van der Waals surface area contributed by atoms with Gasteiger partial charge in [0.1, 0.15) is 10.6 Å². The van der Waals surface area contributed by atoms with Gasteiger partial charge < -0.3 is 20.0 Å². The van der Waals surface area contributed by atoms with Crippen molar-refractivity contribution in [3.05, 3.63) is 52.9 Å². The number of esters is 1. The molecular formula is C21H20NO5S-. The largest absolute Gasteiger partial charge is 0.550 e. The van der Waals surface area contributed by atoms with E-state index in [4.69, 9.17) is 4.74 Å². The van der Waals surface area contributed by atoms with Gasteiger partial charge in [0.15, 0.2) is 0 Å². The lowest BCUT2D eigenvalue weighted by atomic mass is 9.82. The molecule has 1 heterocycles. The van der Waals surface area contributed by atoms with E-state index >= 15 is 0 Å². The van der Waals surface area contributed by atoms with E-state index in [-0.39, 0.29) is 12.0 Å². The summed E-state index contributed by atoms with van der Waals surface area (Å²) in [7, 11) is 1.28. The number of carbonyl (C=O) groups is 3. The molecule has 28 heavy (non-hydrogen) atoms. The molecule has 6 nitrogen and oxygen atoms in total. The van der Waals surface area contributed by atoms with Crippen molar-refractivity contribution in [3.63, 3.8) is 0 Å². The number of benzene rings is 1. The number of rotatable bonds is 5. The first-order valence-corrected chi connectivity index (χ1v) is 9.74. The van der Waals surface area contributed by atoms with Gasteiger partial charge in [-0.05, 0) is 25.3 Å². The van der Waals surface area contributed by atoms with Gasteiger partial charge in [-0.2, -0.15) is 0 Å². The Bertz CT molecular complexity index is 929. The van der Waals surface area contributed by atoms with Crippen molar-refractivity contribution in [2.45, 2.75) is 19.8 Å². The highest BCUT2D eigenvalue weighted by Crippen LogP contribution is 2.37. The summed E-state index contributed by atoms with van der Waals surface area (Å²) in [5, 5.41) is 16.2. The van der Waals surface area contributed by atoms with Crippen LogP contribution in [0.25, 0.3) is 11.1 Å². The predicted octanol–water partition coefficient (Wildman–Crippen LogP) is 2.78. The molecule has 0 fully saturated rings. The first-order chi connectivity index (χ1) is 13.4. The molecule has 0 unspecified atom stereocenters. The maximum Gasteiger partial charge on any atom is 0.341 e. The molecule has 1 amide bonds. The number of aryl methyl sites for hydroxylation is 1. The predicted molar refractivity (Wildman–Crippen MR) is 105 cm³/mol. The molecule has 0 saturated carbocycles. The first-order valence-electron chi connectivity index (χ1n) is 8.86. The number of aliphatic carboxylic acids is 1. The van der Waals surface area contributed by atoms with E-state index in [9.17, 15) is 19.5 Å². The van der Waals surface area contributed by atoms with Crippen LogP contribution in [0.15, 0.2) is 41.8 Å². The average Bonchev–Trinajstić information content (AvgIpc) is 3.11. The number of amides is 1. The van der Waals surface area contributed by atoms with Crippen LogP contribution in [0.4, 0.5) is 5.00 Å². The van der Waals surface area contributed by atoms with Crippen LogP contribution in [-0.2, 0) is 14.3 Å². The Morgan fingerprint density at radius 3 is 2.36 bits per heavy atom. The smallest absolute Gasteiger partial charge is 0.341 e. The van der Waals surface area contributed by atoms with Gasteiger partial charge >= 0.3 is 5.97 Å². The molecule has 2 atom stereocenters. The number of thiophene rings is 1. The van der Waals surface area contributed by atoms with Crippen LogP contribution in [0, 0.1) is 18.8 Å². The SMILES string of the molecule is COC(=O)c1c(-c2ccc(C)cc2)csc1NC(=O)[C@H]1CC=CC[C@H]1C(=O)[O-]. The van der Waals surface area contributed by atoms with Gasteiger partial charge in [-0.15, -0.1) is 11.3 Å². The topological polar surface area (TPSA) is 95.5 Å². The Morgan fingerprint density at radius 2 is 1.75 bits per heavy atom. The lowest BCUT2D eigenvalue weighted by molar-refractivity contribution is -0.313. The summed E-state index contributed by atoms with van der Waals surface area (Å²) in [5.74, 6) is -3.88. The highest BCUT2D eigenvalue weighted by atomic mass is 32.1. The third-order valence-corrected chi connectivity index (χ3v) is 5.75. The summed E-state index contributed by atoms with van der Waals surface area (Å²) in [4.78, 5) is 36.5. The summed E-state index contributed by atoms with van der Waals surface area (Å²) in [5.41, 5.74) is 2.84. The van der Waals surface area contributed by atoms with Crippen molar-refractivity contribution in [2.24, 2.45) is 11.8 Å². The monoisotopic (exact) mass is 398 g/mol. The second-order valence-corrected chi connectivity index (χ2v) is 7.55. The van der Waals surface area contributed by atoms with Crippen molar-refractivity contribution < 1.29 is 24.2 Å². The summed E-state index contributed by atoms with van der Waals surface area (Å²) in [6.07, 6.45) is 4.10. The first kappa shape index (κ1) is 19.8. The van der Waals surface area contributed by atoms with Gasteiger partial charge in [-0.3, -0.25) is 4.79 Å². The second kappa shape index (κ2) is 8.39. The van der Waals surface area contributed by atoms with E-state index in [0.717, 1.165) is 11.1 Å². The molecule has 1 aromatic carbocycles. The number of carboxylic acid groups (broad SMARTS) is 1. The van der Waals surface area contributed by atoms with Gasteiger partial charge in [0.05, 0.1) is 13.0 Å². The zero-order valence-corrected chi connectivity index (χ0v) is 16.4. The third-order valence-electron chi connectivity index (χ3n) is 4.85. The van der Waals surface area contributed by atoms with Crippen molar-refractivity contribution in [1.29, 1.82) is 0 Å². The van der Waals surface area contributed by atoms with Gasteiger partial charge in [0.25, 0.3) is 0 Å². The van der Waals surface area contributed by atoms with Crippen LogP contribution < -0.4 is 10.4 Å². The zero-order valence-electron chi connectivity index (χ0n) is 15.6.